The summed E-state index contributed by atoms with van der Waals surface area (Å²) in [6.45, 7) is 2.67. The summed E-state index contributed by atoms with van der Waals surface area (Å²) >= 11 is 3.07. The van der Waals surface area contributed by atoms with Gasteiger partial charge in [0.2, 0.25) is 0 Å². The van der Waals surface area contributed by atoms with Crippen LogP contribution in [0.25, 0.3) is 0 Å². The van der Waals surface area contributed by atoms with Gasteiger partial charge in [-0.3, -0.25) is 4.79 Å². The first-order chi connectivity index (χ1) is 8.61. The van der Waals surface area contributed by atoms with Crippen LogP contribution in [0.15, 0.2) is 41.0 Å². The first-order valence-corrected chi connectivity index (χ1v) is 6.32. The molecule has 18 heavy (non-hydrogen) atoms. The third-order valence-corrected chi connectivity index (χ3v) is 3.22. The Balaban J connectivity index is 2.19. The van der Waals surface area contributed by atoms with Gasteiger partial charge in [0.1, 0.15) is 11.5 Å². The maximum absolute atomic E-state index is 13.3. The minimum atomic E-state index is -0.404. The van der Waals surface area contributed by atoms with Gasteiger partial charge in [0, 0.05) is 18.4 Å². The van der Waals surface area contributed by atoms with Gasteiger partial charge in [-0.05, 0) is 53.2 Å². The van der Waals surface area contributed by atoms with E-state index in [-0.39, 0.29) is 5.91 Å². The van der Waals surface area contributed by atoms with Crippen molar-refractivity contribution in [2.75, 3.05) is 5.32 Å². The third kappa shape index (κ3) is 2.61. The number of aromatic nitrogens is 1. The van der Waals surface area contributed by atoms with Crippen molar-refractivity contribution in [3.05, 3.63) is 52.5 Å². The molecule has 0 saturated carbocycles. The summed E-state index contributed by atoms with van der Waals surface area (Å²) in [5, 5.41) is 2.67. The van der Waals surface area contributed by atoms with Gasteiger partial charge in [-0.15, -0.1) is 0 Å². The lowest BCUT2D eigenvalue weighted by molar-refractivity contribution is 0.101. The molecule has 0 spiro atoms. The van der Waals surface area contributed by atoms with E-state index >= 15 is 0 Å². The zero-order chi connectivity index (χ0) is 13.1. The zero-order valence-electron chi connectivity index (χ0n) is 9.78. The van der Waals surface area contributed by atoms with Crippen molar-refractivity contribution >= 4 is 27.5 Å². The second-order valence-electron chi connectivity index (χ2n) is 3.76. The summed E-state index contributed by atoms with van der Waals surface area (Å²) in [4.78, 5) is 12.0. The van der Waals surface area contributed by atoms with Crippen LogP contribution >= 0.6 is 15.9 Å². The van der Waals surface area contributed by atoms with Crippen LogP contribution in [0.1, 0.15) is 17.4 Å². The number of anilines is 1. The third-order valence-electron chi connectivity index (χ3n) is 2.58. The van der Waals surface area contributed by atoms with Crippen molar-refractivity contribution in [1.82, 2.24) is 4.57 Å². The number of carbonyl (C=O) groups excluding carboxylic acids is 1. The summed E-state index contributed by atoms with van der Waals surface area (Å²) in [6, 6.07) is 8.02. The van der Waals surface area contributed by atoms with Crippen LogP contribution in [0.4, 0.5) is 10.1 Å². The fourth-order valence-corrected chi connectivity index (χ4v) is 1.91. The predicted molar refractivity (Wildman–Crippen MR) is 72.2 cm³/mol. The van der Waals surface area contributed by atoms with E-state index in [0.717, 1.165) is 0 Å². The van der Waals surface area contributed by atoms with E-state index in [1.54, 1.807) is 24.3 Å². The van der Waals surface area contributed by atoms with Crippen LogP contribution in [-0.2, 0) is 6.54 Å². The second-order valence-corrected chi connectivity index (χ2v) is 4.62. The molecule has 0 saturated heterocycles. The van der Waals surface area contributed by atoms with Gasteiger partial charge >= 0.3 is 0 Å². The van der Waals surface area contributed by atoms with E-state index < -0.39 is 5.82 Å². The maximum atomic E-state index is 13.3. The molecule has 1 amide bonds. The van der Waals surface area contributed by atoms with Crippen molar-refractivity contribution in [3.63, 3.8) is 0 Å². The quantitative estimate of drug-likeness (QED) is 0.922. The molecule has 1 heterocycles. The Morgan fingerprint density at radius 2 is 2.22 bits per heavy atom. The first-order valence-electron chi connectivity index (χ1n) is 5.53. The van der Waals surface area contributed by atoms with Gasteiger partial charge in [-0.25, -0.2) is 4.39 Å². The number of amides is 1. The first kappa shape index (κ1) is 12.8. The fraction of sp³-hybridized carbons (Fsp3) is 0.154. The van der Waals surface area contributed by atoms with Crippen molar-refractivity contribution in [1.29, 1.82) is 0 Å². The Kier molecular flexibility index (Phi) is 3.81. The monoisotopic (exact) mass is 310 g/mol. The molecule has 0 aliphatic heterocycles. The largest absolute Gasteiger partial charge is 0.344 e. The molecule has 1 N–H and O–H groups in total. The Morgan fingerprint density at radius 1 is 1.44 bits per heavy atom. The number of hydrogen-bond donors (Lipinski definition) is 1. The molecule has 0 aliphatic carbocycles. The summed E-state index contributed by atoms with van der Waals surface area (Å²) in [5.41, 5.74) is 0.991. The molecule has 5 heteroatoms. The number of nitrogens with one attached hydrogen (secondary N) is 1. The molecule has 0 radical (unpaired) electrons. The molecule has 0 fully saturated rings. The predicted octanol–water partition coefficient (Wildman–Crippen LogP) is 3.66. The molecule has 0 aliphatic rings. The lowest BCUT2D eigenvalue weighted by Crippen LogP contribution is -2.16. The lowest BCUT2D eigenvalue weighted by atomic mass is 10.3. The van der Waals surface area contributed by atoms with Gasteiger partial charge in [0.05, 0.1) is 4.47 Å². The molecule has 1 aromatic heterocycles. The Bertz CT molecular complexity index is 580. The van der Waals surface area contributed by atoms with E-state index in [2.05, 4.69) is 21.2 Å². The SMILES string of the molecule is CCn1cccc1C(=O)Nc1ccc(Br)c(F)c1. The molecule has 2 aromatic rings. The van der Waals surface area contributed by atoms with Crippen molar-refractivity contribution in [3.8, 4) is 0 Å². The van der Waals surface area contributed by atoms with Crippen LogP contribution in [0, 0.1) is 5.82 Å². The summed E-state index contributed by atoms with van der Waals surface area (Å²) in [7, 11) is 0. The molecule has 0 bridgehead atoms. The molecule has 94 valence electrons. The average Bonchev–Trinajstić information content (AvgIpc) is 2.82. The summed E-state index contributed by atoms with van der Waals surface area (Å²) < 4.78 is 15.5. The minimum Gasteiger partial charge on any atom is -0.344 e. The van der Waals surface area contributed by atoms with Crippen LogP contribution in [0.2, 0.25) is 0 Å². The van der Waals surface area contributed by atoms with E-state index in [1.807, 2.05) is 17.7 Å². The molecule has 1 aromatic carbocycles. The number of aryl methyl sites for hydroxylation is 1. The highest BCUT2D eigenvalue weighted by Gasteiger charge is 2.10. The molecular weight excluding hydrogens is 299 g/mol. The van der Waals surface area contributed by atoms with E-state index in [9.17, 15) is 9.18 Å². The number of nitrogens with zero attached hydrogens (tertiary/aromatic N) is 1. The van der Waals surface area contributed by atoms with Crippen LogP contribution < -0.4 is 5.32 Å². The van der Waals surface area contributed by atoms with Crippen molar-refractivity contribution in [2.45, 2.75) is 13.5 Å². The summed E-state index contributed by atoms with van der Waals surface area (Å²) in [5.74, 6) is -0.651. The van der Waals surface area contributed by atoms with E-state index in [1.165, 1.54) is 6.07 Å². The molecule has 0 atom stereocenters. The molecule has 3 nitrogen and oxygen atoms in total. The highest BCUT2D eigenvalue weighted by Crippen LogP contribution is 2.19. The molecule has 0 unspecified atom stereocenters. The van der Waals surface area contributed by atoms with Crippen LogP contribution in [-0.4, -0.2) is 10.5 Å². The van der Waals surface area contributed by atoms with E-state index in [4.69, 9.17) is 0 Å². The smallest absolute Gasteiger partial charge is 0.272 e. The van der Waals surface area contributed by atoms with Gasteiger partial charge in [0.25, 0.3) is 5.91 Å². The van der Waals surface area contributed by atoms with E-state index in [0.29, 0.717) is 22.4 Å². The van der Waals surface area contributed by atoms with Crippen molar-refractivity contribution in [2.24, 2.45) is 0 Å². The second kappa shape index (κ2) is 5.35. The number of halogens is 2. The lowest BCUT2D eigenvalue weighted by Gasteiger charge is -2.08. The van der Waals surface area contributed by atoms with Crippen LogP contribution in [0.5, 0.6) is 0 Å². The van der Waals surface area contributed by atoms with Gasteiger partial charge in [-0.2, -0.15) is 0 Å². The molecular formula is C13H12BrFN2O. The number of carbonyl (C=O) groups is 1. The van der Waals surface area contributed by atoms with Gasteiger partial charge in [0.15, 0.2) is 0 Å². The standard InChI is InChI=1S/C13H12BrFN2O/c1-2-17-7-3-4-12(17)13(18)16-9-5-6-10(14)11(15)8-9/h3-8H,2H2,1H3,(H,16,18). The normalized spacial score (nSPS) is 10.4. The van der Waals surface area contributed by atoms with Crippen molar-refractivity contribution < 1.29 is 9.18 Å². The number of benzene rings is 1. The van der Waals surface area contributed by atoms with Gasteiger partial charge in [-0.1, -0.05) is 0 Å². The average molecular weight is 311 g/mol. The zero-order valence-corrected chi connectivity index (χ0v) is 11.4. The van der Waals surface area contributed by atoms with Gasteiger partial charge < -0.3 is 9.88 Å². The highest BCUT2D eigenvalue weighted by molar-refractivity contribution is 9.10. The molecule has 2 rings (SSSR count). The summed E-state index contributed by atoms with van der Waals surface area (Å²) in [6.07, 6.45) is 1.83. The number of hydrogen-bond acceptors (Lipinski definition) is 1. The Morgan fingerprint density at radius 3 is 2.89 bits per heavy atom. The fourth-order valence-electron chi connectivity index (χ4n) is 1.66. The minimum absolute atomic E-state index is 0.247. The topological polar surface area (TPSA) is 34.0 Å². The Hall–Kier alpha value is -1.62. The Labute approximate surface area is 113 Å². The highest BCUT2D eigenvalue weighted by atomic mass is 79.9. The van der Waals surface area contributed by atoms with Crippen LogP contribution in [0.3, 0.4) is 0 Å². The number of rotatable bonds is 3. The maximum Gasteiger partial charge on any atom is 0.272 e.